The summed E-state index contributed by atoms with van der Waals surface area (Å²) in [7, 11) is -0.963. The maximum Gasteiger partial charge on any atom is 0.407 e. The SMILES string of the molecule is CN=S(=O)(C[C@@]12CCC[C@@H]1[C@@H](C)OC(=O)N2)c1ccccc1. The van der Waals surface area contributed by atoms with Crippen LogP contribution >= 0.6 is 0 Å². The molecular weight excluding hydrogens is 300 g/mol. The van der Waals surface area contributed by atoms with Crippen LogP contribution in [-0.2, 0) is 14.5 Å². The third kappa shape index (κ3) is 2.49. The van der Waals surface area contributed by atoms with Gasteiger partial charge in [0.25, 0.3) is 0 Å². The van der Waals surface area contributed by atoms with Gasteiger partial charge in [0.2, 0.25) is 0 Å². The van der Waals surface area contributed by atoms with Crippen LogP contribution in [0.1, 0.15) is 26.2 Å². The molecule has 1 unspecified atom stereocenters. The molecule has 0 aromatic heterocycles. The van der Waals surface area contributed by atoms with Crippen molar-refractivity contribution < 1.29 is 13.7 Å². The van der Waals surface area contributed by atoms with E-state index in [0.29, 0.717) is 5.75 Å². The normalized spacial score (nSPS) is 33.3. The highest BCUT2D eigenvalue weighted by Crippen LogP contribution is 2.43. The molecule has 0 radical (unpaired) electrons. The minimum Gasteiger partial charge on any atom is -0.446 e. The van der Waals surface area contributed by atoms with Gasteiger partial charge in [0, 0.05) is 17.9 Å². The summed E-state index contributed by atoms with van der Waals surface area (Å²) in [6, 6.07) is 9.33. The van der Waals surface area contributed by atoms with Crippen molar-refractivity contribution >= 4 is 15.8 Å². The maximum absolute atomic E-state index is 13.4. The molecule has 1 aromatic rings. The maximum atomic E-state index is 13.4. The predicted octanol–water partition coefficient (Wildman–Crippen LogP) is 2.81. The lowest BCUT2D eigenvalue weighted by Crippen LogP contribution is -2.62. The lowest BCUT2D eigenvalue weighted by molar-refractivity contribution is 0.00968. The molecule has 5 nitrogen and oxygen atoms in total. The van der Waals surface area contributed by atoms with Gasteiger partial charge in [-0.1, -0.05) is 24.6 Å². The van der Waals surface area contributed by atoms with E-state index in [1.807, 2.05) is 37.3 Å². The van der Waals surface area contributed by atoms with Crippen LogP contribution in [0, 0.1) is 5.92 Å². The first kappa shape index (κ1) is 15.3. The Labute approximate surface area is 131 Å². The van der Waals surface area contributed by atoms with Gasteiger partial charge in [-0.2, -0.15) is 0 Å². The smallest absolute Gasteiger partial charge is 0.407 e. The van der Waals surface area contributed by atoms with Crippen molar-refractivity contribution in [3.8, 4) is 0 Å². The first-order valence-corrected chi connectivity index (χ1v) is 9.34. The first-order chi connectivity index (χ1) is 10.5. The average Bonchev–Trinajstić information content (AvgIpc) is 2.91. The number of hydrogen-bond acceptors (Lipinski definition) is 4. The number of carbonyl (C=O) groups excluding carboxylic acids is 1. The third-order valence-electron chi connectivity index (χ3n) is 4.92. The number of cyclic esters (lactones) is 1. The molecule has 120 valence electrons. The molecule has 2 fully saturated rings. The molecule has 22 heavy (non-hydrogen) atoms. The van der Waals surface area contributed by atoms with E-state index in [2.05, 4.69) is 9.68 Å². The Balaban J connectivity index is 1.99. The van der Waals surface area contributed by atoms with Crippen LogP contribution in [0.2, 0.25) is 0 Å². The second-order valence-corrected chi connectivity index (χ2v) is 8.58. The predicted molar refractivity (Wildman–Crippen MR) is 85.2 cm³/mol. The molecule has 1 aromatic carbocycles. The minimum absolute atomic E-state index is 0.146. The summed E-state index contributed by atoms with van der Waals surface area (Å²) >= 11 is 0. The van der Waals surface area contributed by atoms with E-state index < -0.39 is 21.4 Å². The Bertz CT molecular complexity index is 682. The van der Waals surface area contributed by atoms with Gasteiger partial charge >= 0.3 is 6.09 Å². The van der Waals surface area contributed by atoms with Gasteiger partial charge in [-0.15, -0.1) is 0 Å². The second kappa shape index (κ2) is 5.57. The monoisotopic (exact) mass is 322 g/mol. The fraction of sp³-hybridized carbons (Fsp3) is 0.562. The Hall–Kier alpha value is -1.56. The average molecular weight is 322 g/mol. The molecule has 0 spiro atoms. The fourth-order valence-corrected chi connectivity index (χ4v) is 6.09. The van der Waals surface area contributed by atoms with Crippen LogP contribution in [-0.4, -0.2) is 34.7 Å². The van der Waals surface area contributed by atoms with Crippen LogP contribution in [0.4, 0.5) is 4.79 Å². The molecule has 1 amide bonds. The Morgan fingerprint density at radius 1 is 1.41 bits per heavy atom. The van der Waals surface area contributed by atoms with Crippen LogP contribution in [0.3, 0.4) is 0 Å². The van der Waals surface area contributed by atoms with Gasteiger partial charge in [-0.3, -0.25) is 0 Å². The topological polar surface area (TPSA) is 67.8 Å². The molecule has 6 heteroatoms. The van der Waals surface area contributed by atoms with E-state index in [9.17, 15) is 9.00 Å². The first-order valence-electron chi connectivity index (χ1n) is 7.66. The van der Waals surface area contributed by atoms with Gasteiger partial charge in [-0.25, -0.2) is 13.4 Å². The third-order valence-corrected chi connectivity index (χ3v) is 7.42. The number of nitrogens with zero attached hydrogens (tertiary/aromatic N) is 1. The van der Waals surface area contributed by atoms with Gasteiger partial charge in [0.15, 0.2) is 0 Å². The van der Waals surface area contributed by atoms with Crippen molar-refractivity contribution in [1.29, 1.82) is 0 Å². The summed E-state index contributed by atoms with van der Waals surface area (Å²) in [6.45, 7) is 1.93. The minimum atomic E-state index is -2.56. The number of amides is 1. The molecule has 0 bridgehead atoms. The number of alkyl carbamates (subject to hydrolysis) is 1. The van der Waals surface area contributed by atoms with E-state index in [0.717, 1.165) is 24.2 Å². The lowest BCUT2D eigenvalue weighted by atomic mass is 9.84. The van der Waals surface area contributed by atoms with Crippen LogP contribution in [0.15, 0.2) is 39.6 Å². The van der Waals surface area contributed by atoms with Crippen molar-refractivity contribution in [3.63, 3.8) is 0 Å². The van der Waals surface area contributed by atoms with Crippen LogP contribution in [0.5, 0.6) is 0 Å². The van der Waals surface area contributed by atoms with Crippen molar-refractivity contribution in [1.82, 2.24) is 5.32 Å². The molecule has 1 aliphatic heterocycles. The largest absolute Gasteiger partial charge is 0.446 e. The quantitative estimate of drug-likeness (QED) is 0.930. The van der Waals surface area contributed by atoms with Gasteiger partial charge in [0.1, 0.15) is 6.10 Å². The molecule has 1 heterocycles. The Kier molecular flexibility index (Phi) is 3.89. The number of ether oxygens (including phenoxy) is 1. The molecular formula is C16H22N2O3S. The molecule has 3 rings (SSSR count). The van der Waals surface area contributed by atoms with Gasteiger partial charge < -0.3 is 10.1 Å². The number of hydrogen-bond donors (Lipinski definition) is 1. The summed E-state index contributed by atoms with van der Waals surface area (Å²) in [5.41, 5.74) is -0.471. The summed E-state index contributed by atoms with van der Waals surface area (Å²) in [6.07, 6.45) is 2.27. The highest BCUT2D eigenvalue weighted by Gasteiger charge is 2.52. The zero-order valence-electron chi connectivity index (χ0n) is 13.0. The number of carbonyl (C=O) groups is 1. The number of fused-ring (bicyclic) bond motifs is 1. The van der Waals surface area contributed by atoms with Crippen LogP contribution < -0.4 is 5.32 Å². The van der Waals surface area contributed by atoms with E-state index in [1.54, 1.807) is 7.05 Å². The van der Waals surface area contributed by atoms with Crippen molar-refractivity contribution in [2.75, 3.05) is 12.8 Å². The number of benzene rings is 1. The number of rotatable bonds is 3. The van der Waals surface area contributed by atoms with E-state index >= 15 is 0 Å². The van der Waals surface area contributed by atoms with Gasteiger partial charge in [0.05, 0.1) is 21.0 Å². The summed E-state index contributed by atoms with van der Waals surface area (Å²) in [5, 5.41) is 2.98. The summed E-state index contributed by atoms with van der Waals surface area (Å²) < 4.78 is 22.9. The van der Waals surface area contributed by atoms with E-state index in [-0.39, 0.29) is 12.0 Å². The summed E-state index contributed by atoms with van der Waals surface area (Å²) in [4.78, 5) is 12.6. The molecule has 1 saturated heterocycles. The molecule has 1 aliphatic carbocycles. The fourth-order valence-electron chi connectivity index (χ4n) is 3.87. The van der Waals surface area contributed by atoms with E-state index in [4.69, 9.17) is 4.74 Å². The number of nitrogens with one attached hydrogen (secondary N) is 1. The lowest BCUT2D eigenvalue weighted by Gasteiger charge is -2.43. The standard InChI is InChI=1S/C16H22N2O3S/c1-12-14-9-6-10-16(14,18-15(19)21-12)11-22(20,17-2)13-7-4-3-5-8-13/h3-5,7-8,12,14H,6,9-11H2,1-2H3,(H,18,19)/t12-,14-,16+,22?/m1/s1. The van der Waals surface area contributed by atoms with E-state index in [1.165, 1.54) is 0 Å². The highest BCUT2D eigenvalue weighted by molar-refractivity contribution is 7.93. The molecule has 1 N–H and O–H groups in total. The van der Waals surface area contributed by atoms with Crippen molar-refractivity contribution in [2.24, 2.45) is 10.3 Å². The summed E-state index contributed by atoms with van der Waals surface area (Å²) in [5.74, 6) is 0.543. The molecule has 4 atom stereocenters. The molecule has 1 saturated carbocycles. The zero-order valence-corrected chi connectivity index (χ0v) is 13.8. The highest BCUT2D eigenvalue weighted by atomic mass is 32.2. The van der Waals surface area contributed by atoms with Crippen LogP contribution in [0.25, 0.3) is 0 Å². The van der Waals surface area contributed by atoms with Crippen molar-refractivity contribution in [2.45, 2.75) is 42.7 Å². The zero-order chi connectivity index (χ0) is 15.8. The van der Waals surface area contributed by atoms with Crippen molar-refractivity contribution in [3.05, 3.63) is 30.3 Å². The molecule has 2 aliphatic rings. The van der Waals surface area contributed by atoms with Gasteiger partial charge in [-0.05, 0) is 31.9 Å². The second-order valence-electron chi connectivity index (χ2n) is 6.17. The Morgan fingerprint density at radius 3 is 2.82 bits per heavy atom. The Morgan fingerprint density at radius 2 is 2.14 bits per heavy atom.